The second kappa shape index (κ2) is 6.76. The van der Waals surface area contributed by atoms with E-state index in [1.165, 1.54) is 7.11 Å². The molecule has 0 radical (unpaired) electrons. The summed E-state index contributed by atoms with van der Waals surface area (Å²) in [5.41, 5.74) is 5.40. The summed E-state index contributed by atoms with van der Waals surface area (Å²) in [4.78, 5) is 20.8. The van der Waals surface area contributed by atoms with Crippen molar-refractivity contribution in [3.8, 4) is 11.4 Å². The van der Waals surface area contributed by atoms with Gasteiger partial charge in [0.05, 0.1) is 16.9 Å². The van der Waals surface area contributed by atoms with E-state index < -0.39 is 0 Å². The molecular formula is C19H19N3O2. The van der Waals surface area contributed by atoms with Crippen LogP contribution in [0.3, 0.4) is 0 Å². The minimum Gasteiger partial charge on any atom is -0.375 e. The second-order valence-corrected chi connectivity index (χ2v) is 5.76. The zero-order chi connectivity index (χ0) is 17.1. The topological polar surface area (TPSA) is 64.1 Å². The average Bonchev–Trinajstić information content (AvgIpc) is 2.55. The maximum absolute atomic E-state index is 11.7. The Kier molecular flexibility index (Phi) is 4.53. The molecule has 0 bridgehead atoms. The van der Waals surface area contributed by atoms with Crippen LogP contribution in [0.2, 0.25) is 0 Å². The third-order valence-electron chi connectivity index (χ3n) is 3.75. The summed E-state index contributed by atoms with van der Waals surface area (Å²) in [5, 5.41) is 3.85. The zero-order valence-corrected chi connectivity index (χ0v) is 14.0. The molecule has 0 fully saturated rings. The van der Waals surface area contributed by atoms with Crippen LogP contribution in [0.25, 0.3) is 22.3 Å². The molecular weight excluding hydrogens is 302 g/mol. The fourth-order valence-electron chi connectivity index (χ4n) is 2.56. The number of aryl methyl sites for hydroxylation is 2. The van der Waals surface area contributed by atoms with Crippen molar-refractivity contribution in [1.29, 1.82) is 0 Å². The summed E-state index contributed by atoms with van der Waals surface area (Å²) >= 11 is 0. The van der Waals surface area contributed by atoms with E-state index in [2.05, 4.69) is 10.3 Å². The monoisotopic (exact) mass is 321 g/mol. The van der Waals surface area contributed by atoms with Gasteiger partial charge in [-0.25, -0.2) is 4.98 Å². The summed E-state index contributed by atoms with van der Waals surface area (Å²) in [7, 11) is 1.49. The summed E-state index contributed by atoms with van der Waals surface area (Å²) in [6.07, 6.45) is 1.83. The standard InChI is InChI=1S/C19H19N3O2/c1-12-4-7-16(20-10-12)18-8-13(2)15-6-5-14(9-17(15)22-18)21-19(23)11-24-3/h4-10H,11H2,1-3H3,(H,21,23). The SMILES string of the molecule is COCC(=O)Nc1ccc2c(C)cc(-c3ccc(C)cn3)nc2c1. The Bertz CT molecular complexity index is 889. The van der Waals surface area contributed by atoms with Crippen LogP contribution >= 0.6 is 0 Å². The van der Waals surface area contributed by atoms with Gasteiger partial charge in [0.25, 0.3) is 0 Å². The lowest BCUT2D eigenvalue weighted by molar-refractivity contribution is -0.119. The first-order chi connectivity index (χ1) is 11.6. The van der Waals surface area contributed by atoms with Gasteiger partial charge in [0.1, 0.15) is 6.61 Å². The number of benzene rings is 1. The number of aromatic nitrogens is 2. The van der Waals surface area contributed by atoms with E-state index in [1.54, 1.807) is 0 Å². The normalized spacial score (nSPS) is 10.8. The van der Waals surface area contributed by atoms with Gasteiger partial charge in [-0.15, -0.1) is 0 Å². The number of carbonyl (C=O) groups excluding carboxylic acids is 1. The van der Waals surface area contributed by atoms with Gasteiger partial charge in [-0.1, -0.05) is 12.1 Å². The number of anilines is 1. The fraction of sp³-hybridized carbons (Fsp3) is 0.211. The Morgan fingerprint density at radius 1 is 1.12 bits per heavy atom. The van der Waals surface area contributed by atoms with Crippen LogP contribution in [0.15, 0.2) is 42.6 Å². The molecule has 0 aliphatic rings. The fourth-order valence-corrected chi connectivity index (χ4v) is 2.56. The maximum Gasteiger partial charge on any atom is 0.250 e. The minimum absolute atomic E-state index is 0.0256. The molecule has 0 aliphatic heterocycles. The smallest absolute Gasteiger partial charge is 0.250 e. The molecule has 2 heterocycles. The highest BCUT2D eigenvalue weighted by Gasteiger charge is 2.08. The summed E-state index contributed by atoms with van der Waals surface area (Å²) in [6.45, 7) is 4.08. The number of fused-ring (bicyclic) bond motifs is 1. The van der Waals surface area contributed by atoms with Crippen molar-refractivity contribution in [3.63, 3.8) is 0 Å². The van der Waals surface area contributed by atoms with Gasteiger partial charge in [0, 0.05) is 24.4 Å². The van der Waals surface area contributed by atoms with Crippen LogP contribution in [0.1, 0.15) is 11.1 Å². The first kappa shape index (κ1) is 16.1. The van der Waals surface area contributed by atoms with E-state index in [4.69, 9.17) is 9.72 Å². The number of methoxy groups -OCH3 is 1. The molecule has 5 heteroatoms. The van der Waals surface area contributed by atoms with Gasteiger partial charge in [-0.05, 0) is 49.2 Å². The van der Waals surface area contributed by atoms with Crippen molar-refractivity contribution < 1.29 is 9.53 Å². The van der Waals surface area contributed by atoms with Gasteiger partial charge in [-0.2, -0.15) is 0 Å². The number of hydrogen-bond donors (Lipinski definition) is 1. The second-order valence-electron chi connectivity index (χ2n) is 5.76. The molecule has 24 heavy (non-hydrogen) atoms. The molecule has 3 aromatic rings. The van der Waals surface area contributed by atoms with Crippen LogP contribution in [0, 0.1) is 13.8 Å². The number of pyridine rings is 2. The number of ether oxygens (including phenoxy) is 1. The van der Waals surface area contributed by atoms with Gasteiger partial charge in [-0.3, -0.25) is 9.78 Å². The Morgan fingerprint density at radius 3 is 2.67 bits per heavy atom. The van der Waals surface area contributed by atoms with Crippen LogP contribution in [0.5, 0.6) is 0 Å². The Hall–Kier alpha value is -2.79. The van der Waals surface area contributed by atoms with Gasteiger partial charge >= 0.3 is 0 Å². The van der Waals surface area contributed by atoms with Crippen molar-refractivity contribution >= 4 is 22.5 Å². The first-order valence-electron chi connectivity index (χ1n) is 7.70. The molecule has 2 aromatic heterocycles. The van der Waals surface area contributed by atoms with Crippen LogP contribution in [0.4, 0.5) is 5.69 Å². The van der Waals surface area contributed by atoms with Crippen molar-refractivity contribution in [2.45, 2.75) is 13.8 Å². The molecule has 3 rings (SSSR count). The van der Waals surface area contributed by atoms with Gasteiger partial charge < -0.3 is 10.1 Å². The van der Waals surface area contributed by atoms with Crippen LogP contribution in [-0.4, -0.2) is 29.6 Å². The molecule has 5 nitrogen and oxygen atoms in total. The summed E-state index contributed by atoms with van der Waals surface area (Å²) in [6, 6.07) is 11.7. The van der Waals surface area contributed by atoms with E-state index in [9.17, 15) is 4.79 Å². The van der Waals surface area contributed by atoms with Crippen molar-refractivity contribution in [2.75, 3.05) is 19.0 Å². The molecule has 1 N–H and O–H groups in total. The quantitative estimate of drug-likeness (QED) is 0.799. The third kappa shape index (κ3) is 3.41. The van der Waals surface area contributed by atoms with Gasteiger partial charge in [0.15, 0.2) is 0 Å². The third-order valence-corrected chi connectivity index (χ3v) is 3.75. The van der Waals surface area contributed by atoms with E-state index >= 15 is 0 Å². The van der Waals surface area contributed by atoms with Crippen molar-refractivity contribution in [1.82, 2.24) is 9.97 Å². The Morgan fingerprint density at radius 2 is 1.96 bits per heavy atom. The largest absolute Gasteiger partial charge is 0.375 e. The predicted octanol–water partition coefficient (Wildman–Crippen LogP) is 3.50. The molecule has 0 saturated heterocycles. The molecule has 1 amide bonds. The predicted molar refractivity (Wildman–Crippen MR) is 95.0 cm³/mol. The van der Waals surface area contributed by atoms with E-state index in [-0.39, 0.29) is 12.5 Å². The highest BCUT2D eigenvalue weighted by molar-refractivity contribution is 5.95. The minimum atomic E-state index is -0.190. The van der Waals surface area contributed by atoms with E-state index in [0.29, 0.717) is 5.69 Å². The van der Waals surface area contributed by atoms with Crippen molar-refractivity contribution in [3.05, 3.63) is 53.7 Å². The van der Waals surface area contributed by atoms with E-state index in [1.807, 2.05) is 56.4 Å². The molecule has 1 aromatic carbocycles. The number of amides is 1. The number of nitrogens with zero attached hydrogens (tertiary/aromatic N) is 2. The number of carbonyl (C=O) groups is 1. The van der Waals surface area contributed by atoms with Crippen LogP contribution < -0.4 is 5.32 Å². The molecule has 0 unspecified atom stereocenters. The highest BCUT2D eigenvalue weighted by atomic mass is 16.5. The van der Waals surface area contributed by atoms with E-state index in [0.717, 1.165) is 33.4 Å². The van der Waals surface area contributed by atoms with Crippen molar-refractivity contribution in [2.24, 2.45) is 0 Å². The summed E-state index contributed by atoms with van der Waals surface area (Å²) in [5.74, 6) is -0.190. The Balaban J connectivity index is 2.01. The lowest BCUT2D eigenvalue weighted by Crippen LogP contribution is -2.17. The molecule has 122 valence electrons. The number of nitrogens with one attached hydrogen (secondary N) is 1. The molecule has 0 saturated carbocycles. The lowest BCUT2D eigenvalue weighted by atomic mass is 10.1. The molecule has 0 spiro atoms. The zero-order valence-electron chi connectivity index (χ0n) is 14.0. The van der Waals surface area contributed by atoms with Gasteiger partial charge in [0.2, 0.25) is 5.91 Å². The average molecular weight is 321 g/mol. The van der Waals surface area contributed by atoms with Crippen LogP contribution in [-0.2, 0) is 9.53 Å². The molecule has 0 aliphatic carbocycles. The molecule has 0 atom stereocenters. The summed E-state index contributed by atoms with van der Waals surface area (Å²) < 4.78 is 4.83. The first-order valence-corrected chi connectivity index (χ1v) is 7.70. The Labute approximate surface area is 140 Å². The number of hydrogen-bond acceptors (Lipinski definition) is 4. The lowest BCUT2D eigenvalue weighted by Gasteiger charge is -2.09. The number of rotatable bonds is 4. The maximum atomic E-state index is 11.7. The highest BCUT2D eigenvalue weighted by Crippen LogP contribution is 2.25.